The van der Waals surface area contributed by atoms with Crippen LogP contribution in [0.1, 0.15) is 24.8 Å². The highest BCUT2D eigenvalue weighted by molar-refractivity contribution is 6.09. The molecule has 0 amide bonds. The summed E-state index contributed by atoms with van der Waals surface area (Å²) in [5.41, 5.74) is 8.39. The van der Waals surface area contributed by atoms with Crippen LogP contribution in [0.3, 0.4) is 0 Å². The Morgan fingerprint density at radius 2 is 1.23 bits per heavy atom. The molecule has 0 saturated heterocycles. The van der Waals surface area contributed by atoms with Crippen LogP contribution in [0.15, 0.2) is 188 Å². The molecule has 270 valence electrons. The standard InChI is InChI=1S/C51H41N5/c1-53(2)40-29-30-52-50(34-40)56-46-24-10-9-21-44(46)45-28-27-37(33-49(45)56)31-36-15-13-20-41(32-36)54-35-55(48-26-12-11-25-47(48)54)51-42(38-16-5-3-6-17-38)22-14-23-43(51)39-18-7-4-8-19-39/h3-30,32-34H,31,35H2,1-2H3/i3D,4D,5D,6D,7D,8D,16D,17D,18D,19D. The maximum Gasteiger partial charge on any atom is 0.139 e. The van der Waals surface area contributed by atoms with E-state index in [4.69, 9.17) is 18.7 Å². The molecule has 0 bridgehead atoms. The smallest absolute Gasteiger partial charge is 0.139 e. The van der Waals surface area contributed by atoms with Crippen LogP contribution in [0, 0.1) is 0 Å². The molecule has 0 saturated carbocycles. The molecule has 0 unspecified atom stereocenters. The molecule has 0 radical (unpaired) electrons. The van der Waals surface area contributed by atoms with E-state index in [-0.39, 0.29) is 28.9 Å². The van der Waals surface area contributed by atoms with Crippen molar-refractivity contribution in [3.63, 3.8) is 0 Å². The van der Waals surface area contributed by atoms with Gasteiger partial charge in [-0.05, 0) is 71.1 Å². The van der Waals surface area contributed by atoms with Crippen molar-refractivity contribution in [3.8, 4) is 28.1 Å². The fourth-order valence-corrected chi connectivity index (χ4v) is 7.88. The molecule has 7 aromatic carbocycles. The van der Waals surface area contributed by atoms with Gasteiger partial charge in [0.1, 0.15) is 12.5 Å². The van der Waals surface area contributed by atoms with Crippen LogP contribution in [0.5, 0.6) is 0 Å². The van der Waals surface area contributed by atoms with E-state index >= 15 is 0 Å². The number of hydrogen-bond acceptors (Lipinski definition) is 4. The highest BCUT2D eigenvalue weighted by Gasteiger charge is 2.31. The van der Waals surface area contributed by atoms with Gasteiger partial charge in [0.2, 0.25) is 0 Å². The molecule has 2 aromatic heterocycles. The quantitative estimate of drug-likeness (QED) is 0.155. The number of nitrogens with zero attached hydrogens (tertiary/aromatic N) is 5. The SMILES string of the molecule is [2H]c1c([2H])c([2H])c(-c2cccc(-c3c([2H])c([2H])c([2H])c([2H])c3[2H])c2N2CN(c3cccc(Cc4ccc5c6ccccc6n(-c6cc(N(C)C)ccn6)c5c4)c3)c3ccccc32)c([2H])c1[2H]. The van der Waals surface area contributed by atoms with Gasteiger partial charge in [-0.2, -0.15) is 0 Å². The second-order valence-electron chi connectivity index (χ2n) is 14.0. The molecule has 5 heteroatoms. The third-order valence-corrected chi connectivity index (χ3v) is 10.4. The Kier molecular flexibility index (Phi) is 6.06. The maximum atomic E-state index is 9.02. The summed E-state index contributed by atoms with van der Waals surface area (Å²) in [6.07, 6.45) is 2.46. The van der Waals surface area contributed by atoms with Gasteiger partial charge in [-0.3, -0.25) is 4.57 Å². The summed E-state index contributed by atoms with van der Waals surface area (Å²) in [5, 5.41) is 2.26. The van der Waals surface area contributed by atoms with E-state index in [0.29, 0.717) is 17.8 Å². The van der Waals surface area contributed by atoms with Gasteiger partial charge in [0.15, 0.2) is 0 Å². The van der Waals surface area contributed by atoms with Crippen molar-refractivity contribution in [2.24, 2.45) is 0 Å². The number of benzene rings is 7. The molecule has 10 rings (SSSR count). The Morgan fingerprint density at radius 3 is 1.96 bits per heavy atom. The normalized spacial score (nSPS) is 14.9. The predicted molar refractivity (Wildman–Crippen MR) is 235 cm³/mol. The lowest BCUT2D eigenvalue weighted by atomic mass is 9.95. The third kappa shape index (κ3) is 5.85. The van der Waals surface area contributed by atoms with E-state index in [1.54, 1.807) is 18.2 Å². The summed E-state index contributed by atoms with van der Waals surface area (Å²) in [6.45, 7) is 0.176. The number of pyridine rings is 1. The molecule has 1 aliphatic heterocycles. The maximum absolute atomic E-state index is 9.02. The molecule has 0 atom stereocenters. The minimum atomic E-state index is -0.538. The summed E-state index contributed by atoms with van der Waals surface area (Å²) in [7, 11) is 4.03. The van der Waals surface area contributed by atoms with Crippen molar-refractivity contribution in [1.82, 2.24) is 9.55 Å². The second-order valence-corrected chi connectivity index (χ2v) is 14.0. The van der Waals surface area contributed by atoms with Crippen molar-refractivity contribution in [2.45, 2.75) is 6.42 Å². The molecule has 0 spiro atoms. The first-order chi connectivity index (χ1) is 31.7. The molecule has 0 fully saturated rings. The first kappa shape index (κ1) is 24.3. The van der Waals surface area contributed by atoms with Crippen LogP contribution in [-0.2, 0) is 6.42 Å². The Bertz CT molecular complexity index is 3310. The van der Waals surface area contributed by atoms with E-state index in [1.165, 1.54) is 0 Å². The summed E-state index contributed by atoms with van der Waals surface area (Å²) in [5.74, 6) is 0.826. The zero-order valence-electron chi connectivity index (χ0n) is 40.8. The fourth-order valence-electron chi connectivity index (χ4n) is 7.88. The summed E-state index contributed by atoms with van der Waals surface area (Å²) in [6, 6.07) is 35.1. The molecule has 9 aromatic rings. The van der Waals surface area contributed by atoms with E-state index in [9.17, 15) is 0 Å². The van der Waals surface area contributed by atoms with E-state index in [2.05, 4.69) is 69.0 Å². The van der Waals surface area contributed by atoms with Gasteiger partial charge in [-0.1, -0.05) is 133 Å². The van der Waals surface area contributed by atoms with Crippen molar-refractivity contribution in [2.75, 3.05) is 35.5 Å². The minimum Gasteiger partial charge on any atom is -0.378 e. The molecule has 56 heavy (non-hydrogen) atoms. The Labute approximate surface area is 342 Å². The van der Waals surface area contributed by atoms with Crippen LogP contribution in [-0.4, -0.2) is 30.3 Å². The lowest BCUT2D eigenvalue weighted by Gasteiger charge is -2.27. The van der Waals surface area contributed by atoms with Crippen molar-refractivity contribution in [3.05, 3.63) is 199 Å². The van der Waals surface area contributed by atoms with E-state index in [0.717, 1.165) is 55.8 Å². The van der Waals surface area contributed by atoms with Gasteiger partial charge in [0.25, 0.3) is 0 Å². The van der Waals surface area contributed by atoms with Gasteiger partial charge in [-0.15, -0.1) is 0 Å². The zero-order valence-corrected chi connectivity index (χ0v) is 30.8. The van der Waals surface area contributed by atoms with Gasteiger partial charge in [0.05, 0.1) is 41.8 Å². The first-order valence-electron chi connectivity index (χ1n) is 23.4. The van der Waals surface area contributed by atoms with Gasteiger partial charge >= 0.3 is 0 Å². The zero-order chi connectivity index (χ0) is 46.3. The van der Waals surface area contributed by atoms with Crippen LogP contribution >= 0.6 is 0 Å². The second kappa shape index (κ2) is 13.9. The van der Waals surface area contributed by atoms with Crippen LogP contribution < -0.4 is 14.7 Å². The molecule has 1 aliphatic rings. The van der Waals surface area contributed by atoms with Crippen molar-refractivity contribution >= 4 is 50.2 Å². The van der Waals surface area contributed by atoms with E-state index < -0.39 is 60.4 Å². The lowest BCUT2D eigenvalue weighted by Crippen LogP contribution is -2.25. The van der Waals surface area contributed by atoms with Crippen molar-refractivity contribution < 1.29 is 13.7 Å². The number of aromatic nitrogens is 2. The molecular weight excluding hydrogens is 683 g/mol. The monoisotopic (exact) mass is 733 g/mol. The average molecular weight is 734 g/mol. The topological polar surface area (TPSA) is 27.5 Å². The Hall–Kier alpha value is -7.11. The number of hydrogen-bond donors (Lipinski definition) is 0. The van der Waals surface area contributed by atoms with Crippen LogP contribution in [0.25, 0.3) is 49.9 Å². The highest BCUT2D eigenvalue weighted by Crippen LogP contribution is 2.50. The largest absolute Gasteiger partial charge is 0.378 e. The summed E-state index contributed by atoms with van der Waals surface area (Å²) < 4.78 is 89.2. The first-order valence-corrected chi connectivity index (χ1v) is 18.4. The third-order valence-electron chi connectivity index (χ3n) is 10.4. The number of fused-ring (bicyclic) bond motifs is 4. The predicted octanol–water partition coefficient (Wildman–Crippen LogP) is 12.4. The Morgan fingerprint density at radius 1 is 0.589 bits per heavy atom. The van der Waals surface area contributed by atoms with Gasteiger partial charge < -0.3 is 14.7 Å². The molecule has 3 heterocycles. The molecular formula is C51H41N5. The van der Waals surface area contributed by atoms with Crippen LogP contribution in [0.4, 0.5) is 28.4 Å². The average Bonchev–Trinajstić information content (AvgIpc) is 3.88. The molecule has 0 N–H and O–H groups in total. The summed E-state index contributed by atoms with van der Waals surface area (Å²) in [4.78, 5) is 10.9. The number of rotatable bonds is 8. The fraction of sp³-hybridized carbons (Fsp3) is 0.0784. The van der Waals surface area contributed by atoms with Gasteiger partial charge in [0, 0.05) is 59.6 Å². The Balaban J connectivity index is 1.09. The van der Waals surface area contributed by atoms with Gasteiger partial charge in [-0.25, -0.2) is 4.98 Å². The number of para-hydroxylation sites is 4. The minimum absolute atomic E-state index is 0.0691. The molecule has 0 aliphatic carbocycles. The van der Waals surface area contributed by atoms with Crippen LogP contribution in [0.2, 0.25) is 0 Å². The highest BCUT2D eigenvalue weighted by atomic mass is 15.4. The molecule has 5 nitrogen and oxygen atoms in total. The number of anilines is 5. The van der Waals surface area contributed by atoms with E-state index in [1.807, 2.05) is 73.7 Å². The van der Waals surface area contributed by atoms with Crippen molar-refractivity contribution in [1.29, 1.82) is 0 Å². The lowest BCUT2D eigenvalue weighted by molar-refractivity contribution is 0.990. The summed E-state index contributed by atoms with van der Waals surface area (Å²) >= 11 is 0.